The molecule has 1 atom stereocenters. The van der Waals surface area contributed by atoms with Crippen molar-refractivity contribution in [2.75, 3.05) is 13.7 Å². The van der Waals surface area contributed by atoms with Gasteiger partial charge in [0.2, 0.25) is 0 Å². The predicted octanol–water partition coefficient (Wildman–Crippen LogP) is 3.77. The Bertz CT molecular complexity index is 1320. The molecule has 8 nitrogen and oxygen atoms in total. The highest BCUT2D eigenvalue weighted by atomic mass is 16.5. The third kappa shape index (κ3) is 4.17. The van der Waals surface area contributed by atoms with Gasteiger partial charge in [-0.2, -0.15) is 0 Å². The molecule has 1 aromatic heterocycles. The first-order chi connectivity index (χ1) is 16.6. The summed E-state index contributed by atoms with van der Waals surface area (Å²) >= 11 is 0. The number of amides is 1. The van der Waals surface area contributed by atoms with E-state index in [0.29, 0.717) is 24.2 Å². The summed E-state index contributed by atoms with van der Waals surface area (Å²) in [6.45, 7) is 0.506. The summed E-state index contributed by atoms with van der Waals surface area (Å²) in [6.07, 6.45) is 2.84. The van der Waals surface area contributed by atoms with E-state index in [2.05, 4.69) is 39.8 Å². The maximum atomic E-state index is 13.5. The number of carbonyl (C=O) groups is 2. The fourth-order valence-electron chi connectivity index (χ4n) is 4.38. The molecule has 1 saturated heterocycles. The summed E-state index contributed by atoms with van der Waals surface area (Å²) < 4.78 is 6.43. The molecule has 0 radical (unpaired) electrons. The zero-order chi connectivity index (χ0) is 23.5. The standard InChI is InChI=1S/C26H23N5O3/c1-34-26(33)24-11-6-12-30(24)25(32)22-14-21(15-23(16-22)31-17-27-28-29-31)20-10-5-9-19(13-20)18-7-3-2-4-8-18/h2-5,7-10,13-17,24H,6,11-12H2,1H3/t24-/m0/s1. The molecule has 1 fully saturated rings. The molecule has 0 spiro atoms. The van der Waals surface area contributed by atoms with Crippen molar-refractivity contribution in [3.8, 4) is 27.9 Å². The third-order valence-corrected chi connectivity index (χ3v) is 6.07. The molecule has 34 heavy (non-hydrogen) atoms. The SMILES string of the molecule is COC(=O)[C@@H]1CCCN1C(=O)c1cc(-c2cccc(-c3ccccc3)c2)cc(-n2cnnn2)c1. The smallest absolute Gasteiger partial charge is 0.328 e. The highest BCUT2D eigenvalue weighted by Crippen LogP contribution is 2.30. The zero-order valence-electron chi connectivity index (χ0n) is 18.7. The Labute approximate surface area is 196 Å². The van der Waals surface area contributed by atoms with E-state index in [1.807, 2.05) is 42.5 Å². The van der Waals surface area contributed by atoms with Crippen LogP contribution in [-0.4, -0.2) is 56.7 Å². The van der Waals surface area contributed by atoms with Crippen LogP contribution in [0.2, 0.25) is 0 Å². The van der Waals surface area contributed by atoms with Crippen molar-refractivity contribution in [1.29, 1.82) is 0 Å². The Morgan fingerprint density at radius 2 is 1.68 bits per heavy atom. The molecule has 1 aliphatic heterocycles. The minimum absolute atomic E-state index is 0.219. The monoisotopic (exact) mass is 453 g/mol. The van der Waals surface area contributed by atoms with Gasteiger partial charge in [-0.25, -0.2) is 9.48 Å². The number of likely N-dealkylation sites (tertiary alicyclic amines) is 1. The average molecular weight is 454 g/mol. The molecule has 2 heterocycles. The highest BCUT2D eigenvalue weighted by Gasteiger charge is 2.35. The molecular formula is C26H23N5O3. The second-order valence-electron chi connectivity index (χ2n) is 8.15. The second kappa shape index (κ2) is 9.27. The van der Waals surface area contributed by atoms with Gasteiger partial charge in [0.15, 0.2) is 0 Å². The molecule has 0 N–H and O–H groups in total. The Kier molecular flexibility index (Phi) is 5.86. The number of carbonyl (C=O) groups excluding carboxylic acids is 2. The Morgan fingerprint density at radius 1 is 0.912 bits per heavy atom. The largest absolute Gasteiger partial charge is 0.467 e. The van der Waals surface area contributed by atoms with Crippen LogP contribution in [0, 0.1) is 0 Å². The maximum absolute atomic E-state index is 13.5. The summed E-state index contributed by atoms with van der Waals surface area (Å²) in [5, 5.41) is 11.5. The van der Waals surface area contributed by atoms with Gasteiger partial charge < -0.3 is 9.64 Å². The Hall–Kier alpha value is -4.33. The van der Waals surface area contributed by atoms with E-state index in [-0.39, 0.29) is 5.91 Å². The van der Waals surface area contributed by atoms with Gasteiger partial charge in [-0.15, -0.1) is 5.10 Å². The lowest BCUT2D eigenvalue weighted by molar-refractivity contribution is -0.145. The molecule has 8 heteroatoms. The van der Waals surface area contributed by atoms with Gasteiger partial charge >= 0.3 is 5.97 Å². The average Bonchev–Trinajstić information content (AvgIpc) is 3.61. The lowest BCUT2D eigenvalue weighted by atomic mass is 9.97. The molecule has 3 aromatic carbocycles. The molecule has 5 rings (SSSR count). The van der Waals surface area contributed by atoms with Crippen molar-refractivity contribution in [2.45, 2.75) is 18.9 Å². The number of rotatable bonds is 5. The Balaban J connectivity index is 1.58. The minimum Gasteiger partial charge on any atom is -0.467 e. The summed E-state index contributed by atoms with van der Waals surface area (Å²) in [4.78, 5) is 27.3. The summed E-state index contributed by atoms with van der Waals surface area (Å²) in [7, 11) is 1.35. The van der Waals surface area contributed by atoms with Crippen molar-refractivity contribution in [3.05, 3.63) is 84.7 Å². The number of nitrogens with zero attached hydrogens (tertiary/aromatic N) is 5. The highest BCUT2D eigenvalue weighted by molar-refractivity contribution is 5.99. The molecule has 170 valence electrons. The summed E-state index contributed by atoms with van der Waals surface area (Å²) in [5.74, 6) is -0.610. The van der Waals surface area contributed by atoms with E-state index in [9.17, 15) is 9.59 Å². The second-order valence-corrected chi connectivity index (χ2v) is 8.15. The molecule has 0 bridgehead atoms. The van der Waals surface area contributed by atoms with E-state index in [0.717, 1.165) is 28.7 Å². The van der Waals surface area contributed by atoms with Crippen molar-refractivity contribution >= 4 is 11.9 Å². The van der Waals surface area contributed by atoms with Crippen LogP contribution in [-0.2, 0) is 9.53 Å². The number of tetrazole rings is 1. The molecule has 0 aliphatic carbocycles. The number of ether oxygens (including phenoxy) is 1. The number of hydrogen-bond donors (Lipinski definition) is 0. The molecule has 4 aromatic rings. The number of hydrogen-bond acceptors (Lipinski definition) is 6. The fraction of sp³-hybridized carbons (Fsp3) is 0.192. The zero-order valence-corrected chi connectivity index (χ0v) is 18.7. The van der Waals surface area contributed by atoms with E-state index < -0.39 is 12.0 Å². The number of aromatic nitrogens is 4. The van der Waals surface area contributed by atoms with Crippen LogP contribution in [0.15, 0.2) is 79.1 Å². The van der Waals surface area contributed by atoms with Gasteiger partial charge in [0.1, 0.15) is 12.4 Å². The summed E-state index contributed by atoms with van der Waals surface area (Å²) in [6, 6.07) is 23.2. The molecule has 0 unspecified atom stereocenters. The van der Waals surface area contributed by atoms with Crippen LogP contribution in [0.5, 0.6) is 0 Å². The van der Waals surface area contributed by atoms with Crippen LogP contribution in [0.1, 0.15) is 23.2 Å². The molecule has 1 aliphatic rings. The van der Waals surface area contributed by atoms with Crippen LogP contribution >= 0.6 is 0 Å². The molecular weight excluding hydrogens is 430 g/mol. The third-order valence-electron chi connectivity index (χ3n) is 6.07. The fourth-order valence-corrected chi connectivity index (χ4v) is 4.38. The maximum Gasteiger partial charge on any atom is 0.328 e. The summed E-state index contributed by atoms with van der Waals surface area (Å²) in [5.41, 5.74) is 5.10. The molecule has 0 saturated carbocycles. The number of benzene rings is 3. The van der Waals surface area contributed by atoms with Crippen LogP contribution in [0.4, 0.5) is 0 Å². The number of methoxy groups -OCH3 is 1. The van der Waals surface area contributed by atoms with E-state index in [1.165, 1.54) is 18.1 Å². The minimum atomic E-state index is -0.570. The van der Waals surface area contributed by atoms with E-state index >= 15 is 0 Å². The molecule has 1 amide bonds. The van der Waals surface area contributed by atoms with Gasteiger partial charge in [0.25, 0.3) is 5.91 Å². The van der Waals surface area contributed by atoms with Crippen LogP contribution in [0.25, 0.3) is 27.9 Å². The van der Waals surface area contributed by atoms with Crippen LogP contribution in [0.3, 0.4) is 0 Å². The van der Waals surface area contributed by atoms with Gasteiger partial charge in [-0.3, -0.25) is 4.79 Å². The first kappa shape index (κ1) is 21.5. The number of esters is 1. The quantitative estimate of drug-likeness (QED) is 0.427. The van der Waals surface area contributed by atoms with Crippen LogP contribution < -0.4 is 0 Å². The van der Waals surface area contributed by atoms with Gasteiger partial charge in [-0.05, 0) is 69.8 Å². The lowest BCUT2D eigenvalue weighted by Gasteiger charge is -2.23. The predicted molar refractivity (Wildman–Crippen MR) is 126 cm³/mol. The van der Waals surface area contributed by atoms with Gasteiger partial charge in [0.05, 0.1) is 12.8 Å². The van der Waals surface area contributed by atoms with Crippen molar-refractivity contribution in [1.82, 2.24) is 25.1 Å². The van der Waals surface area contributed by atoms with E-state index in [4.69, 9.17) is 4.74 Å². The first-order valence-corrected chi connectivity index (χ1v) is 11.1. The van der Waals surface area contributed by atoms with E-state index in [1.54, 1.807) is 11.0 Å². The van der Waals surface area contributed by atoms with Gasteiger partial charge in [-0.1, -0.05) is 48.5 Å². The Morgan fingerprint density at radius 3 is 2.41 bits per heavy atom. The first-order valence-electron chi connectivity index (χ1n) is 11.1. The van der Waals surface area contributed by atoms with Gasteiger partial charge in [0, 0.05) is 12.1 Å². The van der Waals surface area contributed by atoms with Crippen molar-refractivity contribution < 1.29 is 14.3 Å². The lowest BCUT2D eigenvalue weighted by Crippen LogP contribution is -2.41. The topological polar surface area (TPSA) is 90.2 Å². The van der Waals surface area contributed by atoms with Crippen molar-refractivity contribution in [2.24, 2.45) is 0 Å². The van der Waals surface area contributed by atoms with Crippen molar-refractivity contribution in [3.63, 3.8) is 0 Å². The normalized spacial score (nSPS) is 15.3.